The number of hydrogen-bond acceptors (Lipinski definition) is 1. The number of nitrogens with two attached hydrogens (primary N) is 1. The van der Waals surface area contributed by atoms with Crippen LogP contribution in [-0.2, 0) is 0 Å². The Balaban J connectivity index is 3.01. The Morgan fingerprint density at radius 3 is 1.92 bits per heavy atom. The third-order valence-electron chi connectivity index (χ3n) is 1.99. The van der Waals surface area contributed by atoms with Gasteiger partial charge in [0.05, 0.1) is 0 Å². The number of hydrogen-bond donors (Lipinski definition) is 1. The van der Waals surface area contributed by atoms with Crippen molar-refractivity contribution in [1.82, 2.24) is 0 Å². The highest BCUT2D eigenvalue weighted by atomic mass is 35.5. The van der Waals surface area contributed by atoms with E-state index in [4.69, 9.17) is 28.9 Å². The summed E-state index contributed by atoms with van der Waals surface area (Å²) in [7, 11) is 0. The first kappa shape index (κ1) is 10.8. The van der Waals surface area contributed by atoms with Crippen LogP contribution in [0, 0.1) is 5.92 Å². The molecule has 0 aromatic heterocycles. The van der Waals surface area contributed by atoms with Crippen LogP contribution in [0.1, 0.15) is 25.5 Å². The van der Waals surface area contributed by atoms with Crippen LogP contribution >= 0.6 is 23.2 Å². The molecule has 0 unspecified atom stereocenters. The molecule has 1 nitrogen and oxygen atoms in total. The van der Waals surface area contributed by atoms with Crippen molar-refractivity contribution in [3.63, 3.8) is 0 Å². The molecule has 72 valence electrons. The fraction of sp³-hybridized carbons (Fsp3) is 0.400. The third kappa shape index (κ3) is 2.87. The number of benzene rings is 1. The highest BCUT2D eigenvalue weighted by Crippen LogP contribution is 2.25. The minimum Gasteiger partial charge on any atom is -0.324 e. The Kier molecular flexibility index (Phi) is 3.60. The quantitative estimate of drug-likeness (QED) is 0.805. The molecule has 13 heavy (non-hydrogen) atoms. The summed E-state index contributed by atoms with van der Waals surface area (Å²) in [5.41, 5.74) is 6.95. The minimum absolute atomic E-state index is 0.00352. The lowest BCUT2D eigenvalue weighted by molar-refractivity contribution is 0.514. The Bertz CT molecular complexity index is 277. The van der Waals surface area contributed by atoms with Gasteiger partial charge in [0.1, 0.15) is 0 Å². The van der Waals surface area contributed by atoms with Crippen molar-refractivity contribution in [2.24, 2.45) is 11.7 Å². The van der Waals surface area contributed by atoms with Crippen molar-refractivity contribution in [1.29, 1.82) is 0 Å². The van der Waals surface area contributed by atoms with Gasteiger partial charge in [-0.05, 0) is 29.7 Å². The molecule has 0 saturated carbocycles. The summed E-state index contributed by atoms with van der Waals surface area (Å²) >= 11 is 11.7. The maximum atomic E-state index is 5.96. The van der Waals surface area contributed by atoms with Crippen LogP contribution in [-0.4, -0.2) is 0 Å². The summed E-state index contributed by atoms with van der Waals surface area (Å²) in [4.78, 5) is 0. The average Bonchev–Trinajstić information content (AvgIpc) is 2.01. The first-order chi connectivity index (χ1) is 6.00. The molecule has 0 amide bonds. The molecule has 0 spiro atoms. The predicted octanol–water partition coefficient (Wildman–Crippen LogP) is 3.65. The molecule has 0 heterocycles. The first-order valence-corrected chi connectivity index (χ1v) is 4.98. The lowest BCUT2D eigenvalue weighted by Gasteiger charge is -2.16. The van der Waals surface area contributed by atoms with Gasteiger partial charge in [0.25, 0.3) is 0 Å². The largest absolute Gasteiger partial charge is 0.324 e. The zero-order valence-corrected chi connectivity index (χ0v) is 9.23. The van der Waals surface area contributed by atoms with Gasteiger partial charge in [0.2, 0.25) is 0 Å². The van der Waals surface area contributed by atoms with Gasteiger partial charge < -0.3 is 5.73 Å². The average molecular weight is 218 g/mol. The smallest absolute Gasteiger partial charge is 0.0424 e. The van der Waals surface area contributed by atoms with E-state index in [9.17, 15) is 0 Å². The van der Waals surface area contributed by atoms with Crippen LogP contribution in [0.2, 0.25) is 10.0 Å². The molecule has 0 radical (unpaired) electrons. The van der Waals surface area contributed by atoms with E-state index in [2.05, 4.69) is 13.8 Å². The zero-order chi connectivity index (χ0) is 10.0. The molecular formula is C10H13Cl2N. The van der Waals surface area contributed by atoms with Crippen molar-refractivity contribution >= 4 is 23.2 Å². The maximum absolute atomic E-state index is 5.96. The van der Waals surface area contributed by atoms with Gasteiger partial charge in [-0.3, -0.25) is 0 Å². The summed E-state index contributed by atoms with van der Waals surface area (Å²) in [6, 6.07) is 5.42. The molecule has 1 rings (SSSR count). The van der Waals surface area contributed by atoms with E-state index < -0.39 is 0 Å². The summed E-state index contributed by atoms with van der Waals surface area (Å²) in [6.07, 6.45) is 0. The molecule has 0 aliphatic heterocycles. The van der Waals surface area contributed by atoms with Gasteiger partial charge in [-0.2, -0.15) is 0 Å². The summed E-state index contributed by atoms with van der Waals surface area (Å²) in [5.74, 6) is 0.384. The van der Waals surface area contributed by atoms with Crippen LogP contribution in [0.5, 0.6) is 0 Å². The summed E-state index contributed by atoms with van der Waals surface area (Å²) in [5, 5.41) is 1.28. The van der Waals surface area contributed by atoms with Gasteiger partial charge in [0.15, 0.2) is 0 Å². The lowest BCUT2D eigenvalue weighted by atomic mass is 9.97. The summed E-state index contributed by atoms with van der Waals surface area (Å²) in [6.45, 7) is 4.14. The summed E-state index contributed by atoms with van der Waals surface area (Å²) < 4.78 is 0. The zero-order valence-electron chi connectivity index (χ0n) is 7.72. The fourth-order valence-corrected chi connectivity index (χ4v) is 1.70. The number of halogens is 2. The van der Waals surface area contributed by atoms with Crippen molar-refractivity contribution in [3.05, 3.63) is 33.8 Å². The Labute approximate surface area is 88.8 Å². The van der Waals surface area contributed by atoms with Crippen molar-refractivity contribution in [2.75, 3.05) is 0 Å². The van der Waals surface area contributed by atoms with Crippen LogP contribution in [0.3, 0.4) is 0 Å². The SMILES string of the molecule is CC(C)[C@H](N)c1cc(Cl)cc(Cl)c1. The Hall–Kier alpha value is -0.240. The monoisotopic (exact) mass is 217 g/mol. The molecule has 0 saturated heterocycles. The predicted molar refractivity (Wildman–Crippen MR) is 58.2 cm³/mol. The van der Waals surface area contributed by atoms with E-state index in [-0.39, 0.29) is 6.04 Å². The second-order valence-electron chi connectivity index (χ2n) is 3.47. The second kappa shape index (κ2) is 4.32. The minimum atomic E-state index is -0.00352. The molecule has 1 atom stereocenters. The van der Waals surface area contributed by atoms with Crippen molar-refractivity contribution < 1.29 is 0 Å². The highest BCUT2D eigenvalue weighted by Gasteiger charge is 2.11. The molecular weight excluding hydrogens is 205 g/mol. The number of rotatable bonds is 2. The van der Waals surface area contributed by atoms with Gasteiger partial charge in [-0.1, -0.05) is 37.0 Å². The van der Waals surface area contributed by atoms with E-state index in [1.54, 1.807) is 6.07 Å². The topological polar surface area (TPSA) is 26.0 Å². The molecule has 1 aromatic rings. The lowest BCUT2D eigenvalue weighted by Crippen LogP contribution is -2.16. The normalized spacial score (nSPS) is 13.4. The van der Waals surface area contributed by atoms with E-state index in [1.165, 1.54) is 0 Å². The Morgan fingerprint density at radius 1 is 1.08 bits per heavy atom. The standard InChI is InChI=1S/C10H13Cl2N/c1-6(2)10(13)7-3-8(11)5-9(12)4-7/h3-6,10H,13H2,1-2H3/t10-/m0/s1. The molecule has 0 aliphatic carbocycles. The van der Waals surface area contributed by atoms with E-state index >= 15 is 0 Å². The molecule has 0 aliphatic rings. The highest BCUT2D eigenvalue weighted by molar-refractivity contribution is 6.34. The molecule has 0 bridgehead atoms. The van der Waals surface area contributed by atoms with Gasteiger partial charge in [-0.25, -0.2) is 0 Å². The molecule has 1 aromatic carbocycles. The maximum Gasteiger partial charge on any atom is 0.0424 e. The van der Waals surface area contributed by atoms with Crippen molar-refractivity contribution in [2.45, 2.75) is 19.9 Å². The molecule has 3 heteroatoms. The van der Waals surface area contributed by atoms with Gasteiger partial charge in [0, 0.05) is 16.1 Å². The second-order valence-corrected chi connectivity index (χ2v) is 4.35. The van der Waals surface area contributed by atoms with Crippen LogP contribution in [0.15, 0.2) is 18.2 Å². The Morgan fingerprint density at radius 2 is 1.54 bits per heavy atom. The van der Waals surface area contributed by atoms with Crippen LogP contribution in [0.25, 0.3) is 0 Å². The van der Waals surface area contributed by atoms with Crippen molar-refractivity contribution in [3.8, 4) is 0 Å². The van der Waals surface area contributed by atoms with E-state index in [0.717, 1.165) is 5.56 Å². The van der Waals surface area contributed by atoms with Gasteiger partial charge >= 0.3 is 0 Å². The van der Waals surface area contributed by atoms with E-state index in [0.29, 0.717) is 16.0 Å². The van der Waals surface area contributed by atoms with Crippen LogP contribution in [0.4, 0.5) is 0 Å². The van der Waals surface area contributed by atoms with Gasteiger partial charge in [-0.15, -0.1) is 0 Å². The molecule has 2 N–H and O–H groups in total. The fourth-order valence-electron chi connectivity index (χ4n) is 1.15. The third-order valence-corrected chi connectivity index (χ3v) is 2.42. The van der Waals surface area contributed by atoms with E-state index in [1.807, 2.05) is 12.1 Å². The van der Waals surface area contributed by atoms with Crippen LogP contribution < -0.4 is 5.73 Å². The molecule has 0 fully saturated rings. The first-order valence-electron chi connectivity index (χ1n) is 4.22.